The Bertz CT molecular complexity index is 726. The third-order valence-electron chi connectivity index (χ3n) is 4.13. The summed E-state index contributed by atoms with van der Waals surface area (Å²) in [7, 11) is 1.65. The van der Waals surface area contributed by atoms with Crippen LogP contribution >= 0.6 is 0 Å². The first-order chi connectivity index (χ1) is 13.1. The molecule has 5 nitrogen and oxygen atoms in total. The summed E-state index contributed by atoms with van der Waals surface area (Å²) in [5, 5.41) is 10.2. The van der Waals surface area contributed by atoms with E-state index < -0.39 is 6.10 Å². The number of nitrogens with zero attached hydrogens (tertiary/aromatic N) is 2. The number of hydrogen-bond acceptors (Lipinski definition) is 4. The molecule has 1 atom stereocenters. The summed E-state index contributed by atoms with van der Waals surface area (Å²) in [6.45, 7) is 3.28. The molecule has 0 aliphatic heterocycles. The number of aliphatic hydroxyl groups excluding tert-OH is 1. The van der Waals surface area contributed by atoms with Gasteiger partial charge in [0.15, 0.2) is 0 Å². The van der Waals surface area contributed by atoms with E-state index >= 15 is 0 Å². The largest absolute Gasteiger partial charge is 0.389 e. The van der Waals surface area contributed by atoms with Crippen molar-refractivity contribution in [1.82, 2.24) is 9.47 Å². The maximum Gasteiger partial charge on any atom is 0.123 e. The molecule has 0 aliphatic carbocycles. The topological polar surface area (TPSA) is 46.9 Å². The normalized spacial score (nSPS) is 12.3. The maximum absolute atomic E-state index is 13.4. The molecule has 0 amide bonds. The molecular formula is C21H27FN2O3. The third kappa shape index (κ3) is 7.53. The van der Waals surface area contributed by atoms with E-state index in [4.69, 9.17) is 15.9 Å². The van der Waals surface area contributed by atoms with E-state index in [1.165, 1.54) is 6.07 Å². The van der Waals surface area contributed by atoms with Crippen molar-refractivity contribution in [2.24, 2.45) is 0 Å². The van der Waals surface area contributed by atoms with Gasteiger partial charge in [-0.05, 0) is 29.8 Å². The molecule has 2 aromatic rings. The van der Waals surface area contributed by atoms with E-state index in [0.29, 0.717) is 32.8 Å². The van der Waals surface area contributed by atoms with Crippen molar-refractivity contribution in [3.63, 3.8) is 0 Å². The van der Waals surface area contributed by atoms with Crippen LogP contribution in [0.3, 0.4) is 0 Å². The van der Waals surface area contributed by atoms with Gasteiger partial charge in [-0.15, -0.1) is 6.42 Å². The SMILES string of the molecule is C#CCOC[C@@H](O)CN(CCOC)Cc1cccn1Cc1cccc(F)c1. The number of hydrogen-bond donors (Lipinski definition) is 1. The minimum absolute atomic E-state index is 0.186. The Labute approximate surface area is 160 Å². The molecule has 0 saturated carbocycles. The van der Waals surface area contributed by atoms with Crippen molar-refractivity contribution in [3.05, 3.63) is 59.7 Å². The number of ether oxygens (including phenoxy) is 2. The van der Waals surface area contributed by atoms with Gasteiger partial charge in [-0.2, -0.15) is 0 Å². The number of aromatic nitrogens is 1. The average molecular weight is 374 g/mol. The highest BCUT2D eigenvalue weighted by Gasteiger charge is 2.14. The van der Waals surface area contributed by atoms with Gasteiger partial charge in [0.1, 0.15) is 12.4 Å². The van der Waals surface area contributed by atoms with Gasteiger partial charge in [0.2, 0.25) is 0 Å². The Morgan fingerprint density at radius 1 is 1.33 bits per heavy atom. The summed E-state index contributed by atoms with van der Waals surface area (Å²) in [6, 6.07) is 10.6. The Kier molecular flexibility index (Phi) is 9.02. The van der Waals surface area contributed by atoms with Crippen LogP contribution in [0.5, 0.6) is 0 Å². The predicted molar refractivity (Wildman–Crippen MR) is 103 cm³/mol. The van der Waals surface area contributed by atoms with E-state index in [-0.39, 0.29) is 19.0 Å². The van der Waals surface area contributed by atoms with Crippen LogP contribution in [0.4, 0.5) is 4.39 Å². The summed E-state index contributed by atoms with van der Waals surface area (Å²) in [4.78, 5) is 2.10. The van der Waals surface area contributed by atoms with E-state index in [0.717, 1.165) is 11.3 Å². The van der Waals surface area contributed by atoms with Crippen molar-refractivity contribution in [1.29, 1.82) is 0 Å². The monoisotopic (exact) mass is 374 g/mol. The molecule has 0 unspecified atom stereocenters. The van der Waals surface area contributed by atoms with Gasteiger partial charge in [-0.1, -0.05) is 18.1 Å². The molecule has 1 N–H and O–H groups in total. The maximum atomic E-state index is 13.4. The van der Waals surface area contributed by atoms with Gasteiger partial charge in [-0.25, -0.2) is 4.39 Å². The summed E-state index contributed by atoms with van der Waals surface area (Å²) >= 11 is 0. The molecule has 0 fully saturated rings. The van der Waals surface area contributed by atoms with Gasteiger partial charge in [-0.3, -0.25) is 4.90 Å². The predicted octanol–water partition coefficient (Wildman–Crippen LogP) is 2.13. The highest BCUT2D eigenvalue weighted by atomic mass is 19.1. The highest BCUT2D eigenvalue weighted by molar-refractivity contribution is 5.18. The molecule has 0 bridgehead atoms. The fourth-order valence-corrected chi connectivity index (χ4v) is 2.87. The molecule has 0 spiro atoms. The Balaban J connectivity index is 2.00. The van der Waals surface area contributed by atoms with Gasteiger partial charge < -0.3 is 19.1 Å². The summed E-state index contributed by atoms with van der Waals surface area (Å²) in [6.07, 6.45) is 6.49. The van der Waals surface area contributed by atoms with Crippen molar-refractivity contribution in [2.45, 2.75) is 19.2 Å². The van der Waals surface area contributed by atoms with Crippen LogP contribution in [0, 0.1) is 18.2 Å². The van der Waals surface area contributed by atoms with Gasteiger partial charge >= 0.3 is 0 Å². The number of halogens is 1. The number of methoxy groups -OCH3 is 1. The second-order valence-electron chi connectivity index (χ2n) is 6.36. The molecule has 1 aromatic heterocycles. The quantitative estimate of drug-likeness (QED) is 0.457. The minimum Gasteiger partial charge on any atom is -0.389 e. The van der Waals surface area contributed by atoms with E-state index in [1.807, 2.05) is 24.4 Å². The summed E-state index contributed by atoms with van der Waals surface area (Å²) in [5.41, 5.74) is 1.98. The molecule has 0 aliphatic rings. The van der Waals surface area contributed by atoms with E-state index in [9.17, 15) is 9.50 Å². The van der Waals surface area contributed by atoms with Gasteiger partial charge in [0.05, 0.1) is 19.3 Å². The lowest BCUT2D eigenvalue weighted by Crippen LogP contribution is -2.37. The Morgan fingerprint density at radius 2 is 2.19 bits per heavy atom. The molecule has 0 saturated heterocycles. The summed E-state index contributed by atoms with van der Waals surface area (Å²) in [5.74, 6) is 2.15. The molecule has 1 aromatic carbocycles. The second kappa shape index (κ2) is 11.5. The van der Waals surface area contributed by atoms with Crippen LogP contribution in [0.15, 0.2) is 42.6 Å². The standard InChI is InChI=1S/C21H27FN2O3/c1-3-11-27-17-21(25)16-23(10-12-26-2)15-20-8-5-9-24(20)14-18-6-4-7-19(22)13-18/h1,4-9,13,21,25H,10-12,14-17H2,2H3/t21-/m0/s1. The first kappa shape index (κ1) is 21.1. The van der Waals surface area contributed by atoms with Crippen LogP contribution in [-0.4, -0.2) is 60.7 Å². The second-order valence-corrected chi connectivity index (χ2v) is 6.36. The zero-order valence-electron chi connectivity index (χ0n) is 15.7. The Morgan fingerprint density at radius 3 is 2.93 bits per heavy atom. The first-order valence-electron chi connectivity index (χ1n) is 8.91. The number of terminal acetylenes is 1. The smallest absolute Gasteiger partial charge is 0.123 e. The molecule has 6 heteroatoms. The molecule has 1 heterocycles. The fourth-order valence-electron chi connectivity index (χ4n) is 2.87. The molecule has 146 valence electrons. The van der Waals surface area contributed by atoms with Crippen LogP contribution in [0.1, 0.15) is 11.3 Å². The number of aliphatic hydroxyl groups is 1. The summed E-state index contributed by atoms with van der Waals surface area (Å²) < 4.78 is 25.9. The van der Waals surface area contributed by atoms with E-state index in [1.54, 1.807) is 19.2 Å². The van der Waals surface area contributed by atoms with Crippen LogP contribution < -0.4 is 0 Å². The van der Waals surface area contributed by atoms with Crippen molar-refractivity contribution >= 4 is 0 Å². The van der Waals surface area contributed by atoms with Crippen molar-refractivity contribution in [3.8, 4) is 12.3 Å². The molecule has 2 rings (SSSR count). The van der Waals surface area contributed by atoms with Crippen molar-refractivity contribution in [2.75, 3.05) is 40.0 Å². The highest BCUT2D eigenvalue weighted by Crippen LogP contribution is 2.12. The zero-order chi connectivity index (χ0) is 19.5. The van der Waals surface area contributed by atoms with Crippen LogP contribution in [-0.2, 0) is 22.6 Å². The zero-order valence-corrected chi connectivity index (χ0v) is 15.7. The van der Waals surface area contributed by atoms with Gasteiger partial charge in [0, 0.05) is 45.2 Å². The lowest BCUT2D eigenvalue weighted by molar-refractivity contribution is 0.0202. The third-order valence-corrected chi connectivity index (χ3v) is 4.13. The van der Waals surface area contributed by atoms with Crippen LogP contribution in [0.25, 0.3) is 0 Å². The lowest BCUT2D eigenvalue weighted by Gasteiger charge is -2.25. The molecule has 0 radical (unpaired) electrons. The van der Waals surface area contributed by atoms with Crippen LogP contribution in [0.2, 0.25) is 0 Å². The van der Waals surface area contributed by atoms with Gasteiger partial charge in [0.25, 0.3) is 0 Å². The number of benzene rings is 1. The minimum atomic E-state index is -0.637. The van der Waals surface area contributed by atoms with Crippen molar-refractivity contribution < 1.29 is 19.0 Å². The lowest BCUT2D eigenvalue weighted by atomic mass is 10.2. The Hall–Kier alpha value is -2.17. The molecule has 27 heavy (non-hydrogen) atoms. The van der Waals surface area contributed by atoms with E-state index in [2.05, 4.69) is 15.4 Å². The first-order valence-corrected chi connectivity index (χ1v) is 8.91. The number of rotatable bonds is 12. The average Bonchev–Trinajstić information content (AvgIpc) is 3.06. The fraction of sp³-hybridized carbons (Fsp3) is 0.429. The molecular weight excluding hydrogens is 347 g/mol.